The van der Waals surface area contributed by atoms with Gasteiger partial charge in [-0.05, 0) is 61.4 Å². The van der Waals surface area contributed by atoms with Crippen molar-refractivity contribution in [3.8, 4) is 33.4 Å². The van der Waals surface area contributed by atoms with Crippen LogP contribution >= 0.6 is 23.3 Å². The van der Waals surface area contributed by atoms with E-state index in [-0.39, 0.29) is 11.4 Å². The number of thiophene rings is 1. The number of benzene rings is 2. The highest BCUT2D eigenvalue weighted by atomic mass is 32.2. The van der Waals surface area contributed by atoms with Crippen molar-refractivity contribution in [2.45, 2.75) is 27.7 Å². The molecule has 0 fully saturated rings. The van der Waals surface area contributed by atoms with E-state index in [1.165, 1.54) is 23.5 Å². The number of rotatable bonds is 7. The number of ether oxygens (including phenoxy) is 1. The van der Waals surface area contributed by atoms with Gasteiger partial charge in [0.05, 0.1) is 4.88 Å². The Kier molecular flexibility index (Phi) is 6.78. The third-order valence-electron chi connectivity index (χ3n) is 5.84. The Balaban J connectivity index is 1.73. The lowest BCUT2D eigenvalue weighted by atomic mass is 10.0. The molecule has 7 nitrogen and oxygen atoms in total. The molecule has 0 unspecified atom stereocenters. The minimum atomic E-state index is -0.305. The van der Waals surface area contributed by atoms with E-state index in [0.29, 0.717) is 44.0 Å². The second-order valence-electron chi connectivity index (χ2n) is 8.66. The summed E-state index contributed by atoms with van der Waals surface area (Å²) in [5, 5.41) is 8.82. The van der Waals surface area contributed by atoms with Crippen molar-refractivity contribution in [3.05, 3.63) is 75.8 Å². The summed E-state index contributed by atoms with van der Waals surface area (Å²) in [6.45, 7) is 7.44. The number of hydrogen-bond acceptors (Lipinski definition) is 8. The first-order chi connectivity index (χ1) is 17.7. The van der Waals surface area contributed by atoms with E-state index in [0.717, 1.165) is 28.0 Å². The molecule has 5 rings (SSSR count). The quantitative estimate of drug-likeness (QED) is 0.219. The maximum absolute atomic E-state index is 13.9. The van der Waals surface area contributed by atoms with E-state index < -0.39 is 0 Å². The highest BCUT2D eigenvalue weighted by Crippen LogP contribution is 2.43. The predicted octanol–water partition coefficient (Wildman–Crippen LogP) is 7.25. The number of nitrogens with one attached hydrogen (secondary N) is 1. The summed E-state index contributed by atoms with van der Waals surface area (Å²) < 4.78 is 31.5. The molecule has 0 saturated heterocycles. The minimum absolute atomic E-state index is 0.116. The van der Waals surface area contributed by atoms with Gasteiger partial charge < -0.3 is 18.4 Å². The highest BCUT2D eigenvalue weighted by Gasteiger charge is 2.20. The van der Waals surface area contributed by atoms with Gasteiger partial charge in [-0.3, -0.25) is 4.79 Å². The Labute approximate surface area is 221 Å². The monoisotopic (exact) mass is 536 g/mol. The van der Waals surface area contributed by atoms with Gasteiger partial charge in [-0.15, -0.1) is 21.5 Å². The smallest absolute Gasteiger partial charge is 0.268 e. The van der Waals surface area contributed by atoms with E-state index in [1.807, 2.05) is 44.3 Å². The molecule has 1 N–H and O–H groups in total. The number of halogens is 1. The van der Waals surface area contributed by atoms with Crippen molar-refractivity contribution in [3.63, 3.8) is 0 Å². The maximum atomic E-state index is 13.9. The summed E-state index contributed by atoms with van der Waals surface area (Å²) >= 11 is 2.90. The first-order valence-corrected chi connectivity index (χ1v) is 13.5. The third-order valence-corrected chi connectivity index (χ3v) is 7.62. The summed E-state index contributed by atoms with van der Waals surface area (Å²) in [7, 11) is 1.73. The lowest BCUT2D eigenvalue weighted by Gasteiger charge is -2.17. The molecule has 0 aliphatic carbocycles. The Morgan fingerprint density at radius 3 is 2.54 bits per heavy atom. The first kappa shape index (κ1) is 25.0. The van der Waals surface area contributed by atoms with Crippen molar-refractivity contribution in [2.24, 2.45) is 7.05 Å². The van der Waals surface area contributed by atoms with Gasteiger partial charge >= 0.3 is 0 Å². The molecule has 0 radical (unpaired) electrons. The molecule has 10 heteroatoms. The van der Waals surface area contributed by atoms with Gasteiger partial charge in [0.1, 0.15) is 22.0 Å². The zero-order valence-electron chi connectivity index (χ0n) is 21.0. The van der Waals surface area contributed by atoms with Crippen molar-refractivity contribution >= 4 is 39.1 Å². The molecule has 0 aliphatic rings. The molecule has 0 saturated carbocycles. The van der Waals surface area contributed by atoms with E-state index in [1.54, 1.807) is 30.5 Å². The third kappa shape index (κ3) is 4.86. The standard InChI is InChI=1S/C27H25FN4O3S2/c1-6-36-31-18-7-8-22(35-24-14(2)9-17(28)10-15(24)3)19(11-18)21-13-32(5)27(33)25-20(21)12-23(37-25)26-30-29-16(4)34-26/h7-13,31H,6H2,1-5H3. The molecule has 0 bridgehead atoms. The fraction of sp³-hybridized carbons (Fsp3) is 0.222. The van der Waals surface area contributed by atoms with E-state index in [9.17, 15) is 9.18 Å². The van der Waals surface area contributed by atoms with Crippen LogP contribution < -0.4 is 15.0 Å². The molecule has 2 aromatic carbocycles. The normalized spacial score (nSPS) is 11.3. The highest BCUT2D eigenvalue weighted by molar-refractivity contribution is 8.00. The summed E-state index contributed by atoms with van der Waals surface area (Å²) in [5.74, 6) is 2.60. The lowest BCUT2D eigenvalue weighted by molar-refractivity contribution is 0.474. The zero-order chi connectivity index (χ0) is 26.3. The number of nitrogens with zero attached hydrogens (tertiary/aromatic N) is 3. The average Bonchev–Trinajstić information content (AvgIpc) is 3.49. The van der Waals surface area contributed by atoms with Crippen molar-refractivity contribution in [1.82, 2.24) is 14.8 Å². The maximum Gasteiger partial charge on any atom is 0.268 e. The van der Waals surface area contributed by atoms with Crippen LogP contribution in [0.15, 0.2) is 51.8 Å². The van der Waals surface area contributed by atoms with Gasteiger partial charge in [0.15, 0.2) is 0 Å². The summed E-state index contributed by atoms with van der Waals surface area (Å²) in [6, 6.07) is 10.6. The molecule has 37 heavy (non-hydrogen) atoms. The van der Waals surface area contributed by atoms with E-state index >= 15 is 0 Å². The van der Waals surface area contributed by atoms with Gasteiger partial charge in [-0.2, -0.15) is 0 Å². The fourth-order valence-electron chi connectivity index (χ4n) is 4.16. The zero-order valence-corrected chi connectivity index (χ0v) is 22.6. The second-order valence-corrected chi connectivity index (χ2v) is 10.8. The van der Waals surface area contributed by atoms with Crippen molar-refractivity contribution in [1.29, 1.82) is 0 Å². The van der Waals surface area contributed by atoms with Crippen LogP contribution in [0.25, 0.3) is 32.0 Å². The second kappa shape index (κ2) is 10.0. The number of pyridine rings is 1. The van der Waals surface area contributed by atoms with Crippen LogP contribution in [0.3, 0.4) is 0 Å². The van der Waals surface area contributed by atoms with Crippen LogP contribution in [0.4, 0.5) is 10.1 Å². The van der Waals surface area contributed by atoms with Crippen LogP contribution in [0.5, 0.6) is 11.5 Å². The van der Waals surface area contributed by atoms with E-state index in [2.05, 4.69) is 21.8 Å². The number of aromatic nitrogens is 3. The summed E-state index contributed by atoms with van der Waals surface area (Å²) in [5.41, 5.74) is 3.77. The first-order valence-electron chi connectivity index (χ1n) is 11.7. The molecule has 3 aromatic heterocycles. The van der Waals surface area contributed by atoms with Crippen LogP contribution in [-0.2, 0) is 7.05 Å². The van der Waals surface area contributed by atoms with Crippen LogP contribution in [0.2, 0.25) is 0 Å². The van der Waals surface area contributed by atoms with Crippen molar-refractivity contribution < 1.29 is 13.5 Å². The molecule has 0 spiro atoms. The average molecular weight is 537 g/mol. The summed E-state index contributed by atoms with van der Waals surface area (Å²) in [4.78, 5) is 13.8. The van der Waals surface area contributed by atoms with Crippen LogP contribution in [-0.4, -0.2) is 20.5 Å². The molecule has 0 aliphatic heterocycles. The van der Waals surface area contributed by atoms with Gasteiger partial charge in [0.2, 0.25) is 5.89 Å². The number of aryl methyl sites for hydroxylation is 4. The summed E-state index contributed by atoms with van der Waals surface area (Å²) in [6.07, 6.45) is 1.81. The van der Waals surface area contributed by atoms with Gasteiger partial charge in [0, 0.05) is 48.1 Å². The largest absolute Gasteiger partial charge is 0.456 e. The minimum Gasteiger partial charge on any atom is -0.456 e. The number of hydrogen-bond donors (Lipinski definition) is 1. The molecular formula is C27H25FN4O3S2. The van der Waals surface area contributed by atoms with Gasteiger partial charge in [0.25, 0.3) is 11.4 Å². The molecule has 3 heterocycles. The molecule has 190 valence electrons. The SMILES string of the molecule is CCSNc1ccc(Oc2c(C)cc(F)cc2C)c(-c2cn(C)c(=O)c3sc(-c4nnc(C)o4)cc23)c1. The Morgan fingerprint density at radius 1 is 1.11 bits per heavy atom. The van der Waals surface area contributed by atoms with Crippen molar-refractivity contribution in [2.75, 3.05) is 10.5 Å². The number of anilines is 1. The van der Waals surface area contributed by atoms with Gasteiger partial charge in [-0.25, -0.2) is 4.39 Å². The van der Waals surface area contributed by atoms with Gasteiger partial charge in [-0.1, -0.05) is 18.9 Å². The van der Waals surface area contributed by atoms with Crippen LogP contribution in [0, 0.1) is 26.6 Å². The fourth-order valence-corrected chi connectivity index (χ4v) is 5.68. The predicted molar refractivity (Wildman–Crippen MR) is 148 cm³/mol. The Hall–Kier alpha value is -3.63. The molecule has 0 amide bonds. The Bertz CT molecular complexity index is 1670. The molecular weight excluding hydrogens is 511 g/mol. The lowest BCUT2D eigenvalue weighted by Crippen LogP contribution is -2.15. The molecule has 0 atom stereocenters. The topological polar surface area (TPSA) is 82.2 Å². The molecule has 5 aromatic rings. The Morgan fingerprint density at radius 2 is 1.86 bits per heavy atom. The van der Waals surface area contributed by atoms with Crippen LogP contribution in [0.1, 0.15) is 23.9 Å². The van der Waals surface area contributed by atoms with E-state index in [4.69, 9.17) is 9.15 Å². The number of fused-ring (bicyclic) bond motifs is 1.